The van der Waals surface area contributed by atoms with Crippen molar-refractivity contribution < 1.29 is 8.42 Å². The molecule has 1 aromatic carbocycles. The molecule has 4 heteroatoms. The van der Waals surface area contributed by atoms with Gasteiger partial charge in [0.05, 0.1) is 17.1 Å². The highest BCUT2D eigenvalue weighted by Gasteiger charge is 2.06. The molecule has 0 spiro atoms. The highest BCUT2D eigenvalue weighted by atomic mass is 32.2. The normalized spacial score (nSPS) is 11.4. The summed E-state index contributed by atoms with van der Waals surface area (Å²) in [5.41, 5.74) is 2.36. The van der Waals surface area contributed by atoms with Crippen molar-refractivity contribution in [2.75, 3.05) is 6.26 Å². The number of sulfone groups is 1. The first-order chi connectivity index (χ1) is 8.04. The minimum absolute atomic E-state index is 0.0202. The Morgan fingerprint density at radius 3 is 2.35 bits per heavy atom. The van der Waals surface area contributed by atoms with Gasteiger partial charge in [0.1, 0.15) is 0 Å². The monoisotopic (exact) mass is 247 g/mol. The molecule has 88 valence electrons. The lowest BCUT2D eigenvalue weighted by molar-refractivity contribution is 0.600. The molecule has 1 aromatic heterocycles. The van der Waals surface area contributed by atoms with Gasteiger partial charge in [0.15, 0.2) is 9.84 Å². The van der Waals surface area contributed by atoms with E-state index in [4.69, 9.17) is 0 Å². The Labute approximate surface area is 101 Å². The van der Waals surface area contributed by atoms with Gasteiger partial charge in [0, 0.05) is 11.8 Å². The van der Waals surface area contributed by atoms with Gasteiger partial charge in [-0.1, -0.05) is 36.4 Å². The molecule has 0 saturated carbocycles. The average Bonchev–Trinajstić information content (AvgIpc) is 2.28. The number of aromatic nitrogens is 1. The number of nitrogens with zero attached hydrogens (tertiary/aromatic N) is 1. The fraction of sp³-hybridized carbons (Fsp3) is 0.154. The minimum Gasteiger partial charge on any atom is -0.252 e. The summed E-state index contributed by atoms with van der Waals surface area (Å²) in [6.07, 6.45) is 1.21. The maximum Gasteiger partial charge on any atom is 0.153 e. The fourth-order valence-electron chi connectivity index (χ4n) is 1.60. The smallest absolute Gasteiger partial charge is 0.153 e. The van der Waals surface area contributed by atoms with Gasteiger partial charge in [-0.2, -0.15) is 0 Å². The van der Waals surface area contributed by atoms with Crippen LogP contribution in [-0.2, 0) is 15.6 Å². The second-order valence-electron chi connectivity index (χ2n) is 3.95. The van der Waals surface area contributed by atoms with Crippen LogP contribution in [0.5, 0.6) is 0 Å². The largest absolute Gasteiger partial charge is 0.252 e. The Balaban J connectivity index is 2.36. The third-order valence-electron chi connectivity index (χ3n) is 2.29. The van der Waals surface area contributed by atoms with E-state index < -0.39 is 9.84 Å². The predicted molar refractivity (Wildman–Crippen MR) is 68.2 cm³/mol. The molecule has 2 aromatic rings. The Bertz CT molecular complexity index is 606. The maximum absolute atomic E-state index is 11.2. The van der Waals surface area contributed by atoms with Crippen molar-refractivity contribution >= 4 is 9.84 Å². The third kappa shape index (κ3) is 3.39. The molecule has 17 heavy (non-hydrogen) atoms. The summed E-state index contributed by atoms with van der Waals surface area (Å²) in [7, 11) is -3.04. The predicted octanol–water partition coefficient (Wildman–Crippen LogP) is 2.29. The summed E-state index contributed by atoms with van der Waals surface area (Å²) < 4.78 is 22.4. The van der Waals surface area contributed by atoms with Crippen LogP contribution in [0.3, 0.4) is 0 Å². The van der Waals surface area contributed by atoms with E-state index in [-0.39, 0.29) is 5.75 Å². The summed E-state index contributed by atoms with van der Waals surface area (Å²) in [6, 6.07) is 15.1. The zero-order valence-electron chi connectivity index (χ0n) is 9.50. The van der Waals surface area contributed by atoms with E-state index in [1.807, 2.05) is 42.5 Å². The van der Waals surface area contributed by atoms with Gasteiger partial charge in [0.25, 0.3) is 0 Å². The first kappa shape index (κ1) is 11.8. The lowest BCUT2D eigenvalue weighted by atomic mass is 10.1. The quantitative estimate of drug-likeness (QED) is 0.836. The highest BCUT2D eigenvalue weighted by Crippen LogP contribution is 2.17. The summed E-state index contributed by atoms with van der Waals surface area (Å²) in [6.45, 7) is 0. The number of pyridine rings is 1. The Hall–Kier alpha value is -1.68. The van der Waals surface area contributed by atoms with Crippen LogP contribution < -0.4 is 0 Å². The number of benzene rings is 1. The van der Waals surface area contributed by atoms with Gasteiger partial charge in [-0.05, 0) is 12.1 Å². The van der Waals surface area contributed by atoms with Crippen molar-refractivity contribution in [3.8, 4) is 11.3 Å². The molecule has 0 aliphatic carbocycles. The number of rotatable bonds is 3. The molecule has 0 atom stereocenters. The lowest BCUT2D eigenvalue weighted by Gasteiger charge is -2.03. The van der Waals surface area contributed by atoms with E-state index in [0.29, 0.717) is 5.69 Å². The maximum atomic E-state index is 11.2. The van der Waals surface area contributed by atoms with Crippen molar-refractivity contribution in [3.05, 3.63) is 54.2 Å². The molecule has 0 N–H and O–H groups in total. The highest BCUT2D eigenvalue weighted by molar-refractivity contribution is 7.89. The second kappa shape index (κ2) is 4.67. The zero-order valence-corrected chi connectivity index (χ0v) is 10.3. The Morgan fingerprint density at radius 1 is 1.00 bits per heavy atom. The molecule has 0 fully saturated rings. The van der Waals surface area contributed by atoms with Crippen LogP contribution in [0.25, 0.3) is 11.3 Å². The second-order valence-corrected chi connectivity index (χ2v) is 6.09. The molecule has 0 aliphatic heterocycles. The van der Waals surface area contributed by atoms with Crippen molar-refractivity contribution in [1.29, 1.82) is 0 Å². The van der Waals surface area contributed by atoms with Crippen LogP contribution in [0.15, 0.2) is 48.5 Å². The molecule has 0 unspecified atom stereocenters. The van der Waals surface area contributed by atoms with Crippen LogP contribution in [0.4, 0.5) is 0 Å². The average molecular weight is 247 g/mol. The molecule has 0 amide bonds. The van der Waals surface area contributed by atoms with Gasteiger partial charge in [0.2, 0.25) is 0 Å². The molecular weight excluding hydrogens is 234 g/mol. The van der Waals surface area contributed by atoms with Crippen molar-refractivity contribution in [2.24, 2.45) is 0 Å². The summed E-state index contributed by atoms with van der Waals surface area (Å²) in [4.78, 5) is 4.35. The molecule has 0 bridgehead atoms. The van der Waals surface area contributed by atoms with Gasteiger partial charge < -0.3 is 0 Å². The van der Waals surface area contributed by atoms with E-state index in [0.717, 1.165) is 11.3 Å². The van der Waals surface area contributed by atoms with Crippen LogP contribution in [0.1, 0.15) is 5.69 Å². The summed E-state index contributed by atoms with van der Waals surface area (Å²) in [5, 5.41) is 0. The minimum atomic E-state index is -3.04. The standard InChI is InChI=1S/C13H13NO2S/c1-17(15,16)10-12-8-5-9-13(14-12)11-6-3-2-4-7-11/h2-9H,10H2,1H3. The Morgan fingerprint density at radius 2 is 1.71 bits per heavy atom. The summed E-state index contributed by atoms with van der Waals surface area (Å²) >= 11 is 0. The van der Waals surface area contributed by atoms with E-state index in [1.165, 1.54) is 6.26 Å². The number of hydrogen-bond acceptors (Lipinski definition) is 3. The molecule has 0 aliphatic rings. The zero-order chi connectivity index (χ0) is 12.3. The van der Waals surface area contributed by atoms with Crippen LogP contribution >= 0.6 is 0 Å². The van der Waals surface area contributed by atoms with Crippen LogP contribution in [0, 0.1) is 0 Å². The van der Waals surface area contributed by atoms with E-state index in [2.05, 4.69) is 4.98 Å². The topological polar surface area (TPSA) is 47.0 Å². The first-order valence-corrected chi connectivity index (χ1v) is 7.30. The summed E-state index contributed by atoms with van der Waals surface area (Å²) in [5.74, 6) is -0.0202. The Kier molecular flexibility index (Phi) is 3.24. The van der Waals surface area contributed by atoms with Crippen LogP contribution in [0.2, 0.25) is 0 Å². The molecule has 1 heterocycles. The van der Waals surface area contributed by atoms with Crippen molar-refractivity contribution in [1.82, 2.24) is 4.98 Å². The van der Waals surface area contributed by atoms with E-state index in [1.54, 1.807) is 6.07 Å². The van der Waals surface area contributed by atoms with E-state index >= 15 is 0 Å². The molecular formula is C13H13NO2S. The van der Waals surface area contributed by atoms with Crippen molar-refractivity contribution in [3.63, 3.8) is 0 Å². The van der Waals surface area contributed by atoms with Gasteiger partial charge in [-0.15, -0.1) is 0 Å². The van der Waals surface area contributed by atoms with Gasteiger partial charge in [-0.3, -0.25) is 4.98 Å². The van der Waals surface area contributed by atoms with Crippen LogP contribution in [-0.4, -0.2) is 19.7 Å². The van der Waals surface area contributed by atoms with Crippen molar-refractivity contribution in [2.45, 2.75) is 5.75 Å². The molecule has 0 saturated heterocycles. The molecule has 0 radical (unpaired) electrons. The SMILES string of the molecule is CS(=O)(=O)Cc1cccc(-c2ccccc2)n1. The fourth-order valence-corrected chi connectivity index (χ4v) is 2.30. The first-order valence-electron chi connectivity index (χ1n) is 5.24. The molecule has 2 rings (SSSR count). The number of hydrogen-bond donors (Lipinski definition) is 0. The molecule has 3 nitrogen and oxygen atoms in total. The third-order valence-corrected chi connectivity index (χ3v) is 3.11. The van der Waals surface area contributed by atoms with Gasteiger partial charge >= 0.3 is 0 Å². The van der Waals surface area contributed by atoms with E-state index in [9.17, 15) is 8.42 Å². The van der Waals surface area contributed by atoms with Gasteiger partial charge in [-0.25, -0.2) is 8.42 Å². The lowest BCUT2D eigenvalue weighted by Crippen LogP contribution is -2.03.